The Bertz CT molecular complexity index is 372. The van der Waals surface area contributed by atoms with E-state index in [4.69, 9.17) is 0 Å². The first-order valence-corrected chi connectivity index (χ1v) is 7.94. The van der Waals surface area contributed by atoms with Crippen molar-refractivity contribution in [2.75, 3.05) is 0 Å². The average molecular weight is 400 g/mol. The molecule has 0 spiro atoms. The molecule has 1 aliphatic heterocycles. The van der Waals surface area contributed by atoms with Crippen LogP contribution < -0.4 is 16.0 Å². The largest absolute Gasteiger partial charge is 3.00 e. The summed E-state index contributed by atoms with van der Waals surface area (Å²) < 4.78 is 0. The van der Waals surface area contributed by atoms with Gasteiger partial charge in [-0.05, 0) is 5.92 Å². The van der Waals surface area contributed by atoms with Crippen molar-refractivity contribution in [1.82, 2.24) is 16.0 Å². The molecule has 1 saturated heterocycles. The van der Waals surface area contributed by atoms with E-state index in [-0.39, 0.29) is 38.6 Å². The summed E-state index contributed by atoms with van der Waals surface area (Å²) in [6, 6.07) is -1.64. The minimum absolute atomic E-state index is 0. The van der Waals surface area contributed by atoms with Crippen LogP contribution in [0, 0.1) is 19.8 Å². The van der Waals surface area contributed by atoms with Crippen molar-refractivity contribution >= 4 is 17.8 Å². The molecular formula is C16H29N3O3Y+. The number of carbonyl (C=O) groups is 3. The molecule has 0 aromatic carbocycles. The van der Waals surface area contributed by atoms with Crippen LogP contribution >= 0.6 is 0 Å². The second-order valence-electron chi connectivity index (χ2n) is 5.32. The Morgan fingerprint density at radius 2 is 1.83 bits per heavy atom. The van der Waals surface area contributed by atoms with Crippen LogP contribution in [0.1, 0.15) is 52.9 Å². The maximum absolute atomic E-state index is 11.6. The number of hydrogen-bond donors (Lipinski definition) is 3. The number of urea groups is 1. The van der Waals surface area contributed by atoms with E-state index in [1.807, 2.05) is 13.8 Å². The summed E-state index contributed by atoms with van der Waals surface area (Å²) in [5.74, 6) is -0.730. The quantitative estimate of drug-likeness (QED) is 0.451. The first-order chi connectivity index (χ1) is 10.4. The van der Waals surface area contributed by atoms with E-state index in [0.29, 0.717) is 0 Å². The Balaban J connectivity index is 0. The summed E-state index contributed by atoms with van der Waals surface area (Å²) in [4.78, 5) is 33.7. The molecule has 1 fully saturated rings. The van der Waals surface area contributed by atoms with Gasteiger partial charge in [-0.1, -0.05) is 46.5 Å². The predicted octanol–water partition coefficient (Wildman–Crippen LogP) is 1.96. The van der Waals surface area contributed by atoms with Gasteiger partial charge in [-0.25, -0.2) is 4.79 Å². The van der Waals surface area contributed by atoms with Crippen LogP contribution in [0.2, 0.25) is 0 Å². The molecule has 0 aromatic heterocycles. The number of hydrogen-bond acceptors (Lipinski definition) is 3. The monoisotopic (exact) mass is 400 g/mol. The van der Waals surface area contributed by atoms with Crippen molar-refractivity contribution in [3.63, 3.8) is 0 Å². The van der Waals surface area contributed by atoms with Crippen molar-refractivity contribution in [2.24, 2.45) is 5.92 Å². The van der Waals surface area contributed by atoms with E-state index in [1.165, 1.54) is 12.8 Å². The van der Waals surface area contributed by atoms with Crippen LogP contribution in [-0.4, -0.2) is 29.9 Å². The van der Waals surface area contributed by atoms with Gasteiger partial charge in [0, 0.05) is 0 Å². The van der Waals surface area contributed by atoms with Crippen LogP contribution in [0.5, 0.6) is 0 Å². The van der Waals surface area contributed by atoms with Gasteiger partial charge in [0.15, 0.2) is 0 Å². The molecule has 3 N–H and O–H groups in total. The molecule has 1 rings (SSSR count). The summed E-state index contributed by atoms with van der Waals surface area (Å²) in [5, 5.41) is 7.33. The summed E-state index contributed by atoms with van der Waals surface area (Å²) in [6.07, 6.45) is 5.27. The zero-order chi connectivity index (χ0) is 17.1. The second-order valence-corrected chi connectivity index (χ2v) is 5.32. The smallest absolute Gasteiger partial charge is 0.375 e. The van der Waals surface area contributed by atoms with Gasteiger partial charge in [0.25, 0.3) is 5.91 Å². The Morgan fingerprint density at radius 1 is 1.26 bits per heavy atom. The minimum atomic E-state index is -0.710. The third-order valence-electron chi connectivity index (χ3n) is 3.65. The molecule has 2 atom stereocenters. The molecule has 2 unspecified atom stereocenters. The van der Waals surface area contributed by atoms with Gasteiger partial charge >= 0.3 is 38.7 Å². The normalized spacial score (nSPS) is 17.3. The van der Waals surface area contributed by atoms with Gasteiger partial charge in [0.2, 0.25) is 0 Å². The molecule has 0 aromatic rings. The van der Waals surface area contributed by atoms with Crippen molar-refractivity contribution in [2.45, 2.75) is 65.0 Å². The Hall–Kier alpha value is -0.616. The zero-order valence-electron chi connectivity index (χ0n) is 14.5. The van der Waals surface area contributed by atoms with Crippen molar-refractivity contribution in [3.05, 3.63) is 13.8 Å². The molecule has 0 aliphatic carbocycles. The maximum Gasteiger partial charge on any atom is 3.00 e. The molecule has 0 bridgehead atoms. The molecule has 0 saturated carbocycles. The topological polar surface area (TPSA) is 87.3 Å². The molecular weight excluding hydrogens is 371 g/mol. The van der Waals surface area contributed by atoms with E-state index >= 15 is 0 Å². The number of amides is 4. The van der Waals surface area contributed by atoms with Gasteiger partial charge in [-0.2, -0.15) is 6.42 Å². The number of unbranched alkanes of at least 4 members (excludes halogenated alkanes) is 2. The number of imide groups is 1. The number of nitrogens with one attached hydrogen (secondary N) is 3. The fourth-order valence-corrected chi connectivity index (χ4v) is 2.39. The van der Waals surface area contributed by atoms with Crippen molar-refractivity contribution in [1.29, 1.82) is 0 Å². The summed E-state index contributed by atoms with van der Waals surface area (Å²) in [7, 11) is 0. The number of carbonyl (C=O) groups excluding carboxylic acids is 3. The van der Waals surface area contributed by atoms with Crippen molar-refractivity contribution < 1.29 is 47.1 Å². The van der Waals surface area contributed by atoms with E-state index < -0.39 is 29.9 Å². The molecule has 7 heteroatoms. The Labute approximate surface area is 165 Å². The summed E-state index contributed by atoms with van der Waals surface area (Å²) in [5.41, 5.74) is 0. The number of rotatable bonds is 7. The molecule has 4 amide bonds. The SMILES string of the molecule is [CH2-]C(=O)NC(C(CC)CC)C1NC(=O)NC1=O.[CH2-]CCCC.[Y+3]. The van der Waals surface area contributed by atoms with E-state index in [9.17, 15) is 14.4 Å². The molecule has 0 radical (unpaired) electrons. The van der Waals surface area contributed by atoms with E-state index in [1.54, 1.807) is 0 Å². The minimum Gasteiger partial charge on any atom is -0.375 e. The van der Waals surface area contributed by atoms with Gasteiger partial charge in [-0.15, -0.1) is 0 Å². The average Bonchev–Trinajstić information content (AvgIpc) is 2.79. The van der Waals surface area contributed by atoms with Crippen LogP contribution in [0.4, 0.5) is 4.79 Å². The first kappa shape index (κ1) is 24.6. The molecule has 23 heavy (non-hydrogen) atoms. The van der Waals surface area contributed by atoms with Crippen LogP contribution in [0.15, 0.2) is 0 Å². The predicted molar refractivity (Wildman–Crippen MR) is 86.7 cm³/mol. The summed E-state index contributed by atoms with van der Waals surface area (Å²) in [6.45, 7) is 13.1. The van der Waals surface area contributed by atoms with E-state index in [2.05, 4.69) is 36.7 Å². The van der Waals surface area contributed by atoms with Gasteiger partial charge in [0.05, 0.1) is 11.9 Å². The van der Waals surface area contributed by atoms with Crippen molar-refractivity contribution in [3.8, 4) is 0 Å². The van der Waals surface area contributed by atoms with Gasteiger partial charge in [-0.3, -0.25) is 10.1 Å². The Morgan fingerprint density at radius 3 is 2.09 bits per heavy atom. The zero-order valence-corrected chi connectivity index (χ0v) is 17.3. The van der Waals surface area contributed by atoms with Crippen LogP contribution in [-0.2, 0) is 42.3 Å². The molecule has 1 aliphatic rings. The van der Waals surface area contributed by atoms with Crippen LogP contribution in [0.25, 0.3) is 0 Å². The Kier molecular flexibility index (Phi) is 14.8. The molecule has 1 heterocycles. The van der Waals surface area contributed by atoms with E-state index in [0.717, 1.165) is 19.3 Å². The molecule has 6 nitrogen and oxygen atoms in total. The first-order valence-electron chi connectivity index (χ1n) is 7.94. The summed E-state index contributed by atoms with van der Waals surface area (Å²) >= 11 is 0. The van der Waals surface area contributed by atoms with Crippen LogP contribution in [0.3, 0.4) is 0 Å². The fraction of sp³-hybridized carbons (Fsp3) is 0.688. The maximum atomic E-state index is 11.6. The standard InChI is InChI=1S/C11H18N3O3.C5H11.Y/c1-4-7(5-2)8(12-6(3)15)9-10(16)14-11(17)13-9;1-3-5-4-2;/h7-9H,3-5H2,1-2H3,(H,12,15)(H2,13,14,16,17);1,3-5H2,2H3;/q2*-1;+3. The third-order valence-corrected chi connectivity index (χ3v) is 3.65. The third kappa shape index (κ3) is 9.31. The van der Waals surface area contributed by atoms with Gasteiger partial charge in [0.1, 0.15) is 6.04 Å². The molecule has 128 valence electrons. The second kappa shape index (κ2) is 13.8. The van der Waals surface area contributed by atoms with Gasteiger partial charge < -0.3 is 29.3 Å². The fourth-order valence-electron chi connectivity index (χ4n) is 2.39.